The van der Waals surface area contributed by atoms with Crippen LogP contribution in [-0.2, 0) is 9.84 Å². The molecule has 1 aliphatic rings. The van der Waals surface area contributed by atoms with E-state index in [-0.39, 0.29) is 17.1 Å². The lowest BCUT2D eigenvalue weighted by Gasteiger charge is -2.29. The van der Waals surface area contributed by atoms with Crippen LogP contribution in [0.2, 0.25) is 0 Å². The number of aromatic nitrogens is 2. The van der Waals surface area contributed by atoms with E-state index in [1.165, 1.54) is 6.26 Å². The molecule has 1 aromatic rings. The molecule has 2 rings (SSSR count). The first kappa shape index (κ1) is 16.2. The number of hydrogen-bond donors (Lipinski definition) is 0. The molecule has 6 heteroatoms. The molecule has 21 heavy (non-hydrogen) atoms. The molecule has 0 aliphatic heterocycles. The predicted octanol–water partition coefficient (Wildman–Crippen LogP) is 2.62. The fourth-order valence-electron chi connectivity index (χ4n) is 3.33. The lowest BCUT2D eigenvalue weighted by Crippen LogP contribution is -2.29. The zero-order valence-corrected chi connectivity index (χ0v) is 14.0. The van der Waals surface area contributed by atoms with Crippen molar-refractivity contribution in [2.24, 2.45) is 0 Å². The Balaban J connectivity index is 2.32. The minimum atomic E-state index is -3.01. The van der Waals surface area contributed by atoms with E-state index in [1.54, 1.807) is 0 Å². The molecule has 0 aromatic carbocycles. The highest BCUT2D eigenvalue weighted by Gasteiger charge is 2.31. The van der Waals surface area contributed by atoms with Gasteiger partial charge in [0.1, 0.15) is 9.84 Å². The molecule has 0 N–H and O–H groups in total. The molecule has 0 bridgehead atoms. The smallest absolute Gasteiger partial charge is 0.166 e. The van der Waals surface area contributed by atoms with Gasteiger partial charge in [0.05, 0.1) is 22.5 Å². The van der Waals surface area contributed by atoms with Crippen LogP contribution in [-0.4, -0.2) is 35.5 Å². The first-order valence-electron chi connectivity index (χ1n) is 7.53. The van der Waals surface area contributed by atoms with Gasteiger partial charge in [-0.1, -0.05) is 13.3 Å². The summed E-state index contributed by atoms with van der Waals surface area (Å²) in [6.07, 6.45) is 4.92. The molecule has 1 aromatic heterocycles. The van der Waals surface area contributed by atoms with Gasteiger partial charge in [0, 0.05) is 18.4 Å². The third-order valence-corrected chi connectivity index (χ3v) is 6.11. The number of nitrogens with zero attached hydrogens (tertiary/aromatic N) is 2. The molecule has 0 spiro atoms. The Hall–Kier alpha value is -1.17. The zero-order valence-electron chi connectivity index (χ0n) is 13.2. The summed E-state index contributed by atoms with van der Waals surface area (Å²) in [5.41, 5.74) is 2.33. The van der Waals surface area contributed by atoms with Gasteiger partial charge in [-0.2, -0.15) is 5.10 Å². The molecular formula is C15H24N2O3S. The number of ketones is 1. The van der Waals surface area contributed by atoms with Gasteiger partial charge in [0.15, 0.2) is 5.78 Å². The molecule has 1 aliphatic carbocycles. The molecule has 0 amide bonds. The maximum Gasteiger partial charge on any atom is 0.166 e. The van der Waals surface area contributed by atoms with Gasteiger partial charge in [-0.3, -0.25) is 9.48 Å². The van der Waals surface area contributed by atoms with Crippen LogP contribution in [0, 0.1) is 13.8 Å². The summed E-state index contributed by atoms with van der Waals surface area (Å²) < 4.78 is 25.5. The summed E-state index contributed by atoms with van der Waals surface area (Å²) in [4.78, 5) is 12.0. The van der Waals surface area contributed by atoms with Crippen LogP contribution in [0.25, 0.3) is 0 Å². The number of carbonyl (C=O) groups excluding carboxylic acids is 1. The van der Waals surface area contributed by atoms with Crippen LogP contribution in [0.1, 0.15) is 66.8 Å². The summed E-state index contributed by atoms with van der Waals surface area (Å²) in [5.74, 6) is 0.103. The Kier molecular flexibility index (Phi) is 4.56. The Morgan fingerprint density at radius 1 is 1.33 bits per heavy atom. The second-order valence-corrected chi connectivity index (χ2v) is 8.36. The van der Waals surface area contributed by atoms with Crippen LogP contribution in [0.5, 0.6) is 0 Å². The molecule has 0 saturated heterocycles. The third-order valence-electron chi connectivity index (χ3n) is 4.47. The van der Waals surface area contributed by atoms with Gasteiger partial charge in [0.2, 0.25) is 0 Å². The zero-order chi connectivity index (χ0) is 15.8. The van der Waals surface area contributed by atoms with Crippen molar-refractivity contribution in [3.63, 3.8) is 0 Å². The molecule has 2 atom stereocenters. The molecule has 2 unspecified atom stereocenters. The largest absolute Gasteiger partial charge is 0.294 e. The lowest BCUT2D eigenvalue weighted by atomic mass is 9.94. The van der Waals surface area contributed by atoms with Crippen LogP contribution < -0.4 is 0 Å². The fourth-order valence-corrected chi connectivity index (χ4v) is 4.50. The Bertz CT molecular complexity index is 646. The standard InChI is InChI=1S/C15H24N2O3S/c1-5-14(18)15-10(2)16-17(11(15)3)12-7-6-8-13(9-12)21(4,19)20/h12-13H,5-9H2,1-4H3. The summed E-state index contributed by atoms with van der Waals surface area (Å²) >= 11 is 0. The van der Waals surface area contributed by atoms with Crippen molar-refractivity contribution in [3.8, 4) is 0 Å². The highest BCUT2D eigenvalue weighted by molar-refractivity contribution is 7.91. The van der Waals surface area contributed by atoms with Crippen LogP contribution in [0.4, 0.5) is 0 Å². The van der Waals surface area contributed by atoms with Gasteiger partial charge in [-0.25, -0.2) is 8.42 Å². The number of aryl methyl sites for hydroxylation is 1. The fraction of sp³-hybridized carbons (Fsp3) is 0.733. The topological polar surface area (TPSA) is 69.0 Å². The van der Waals surface area contributed by atoms with Gasteiger partial charge in [-0.05, 0) is 33.1 Å². The van der Waals surface area contributed by atoms with Crippen molar-refractivity contribution >= 4 is 15.6 Å². The quantitative estimate of drug-likeness (QED) is 0.801. The van der Waals surface area contributed by atoms with Crippen LogP contribution in [0.3, 0.4) is 0 Å². The number of carbonyl (C=O) groups is 1. The molecule has 5 nitrogen and oxygen atoms in total. The molecular weight excluding hydrogens is 288 g/mol. The maximum absolute atomic E-state index is 12.0. The van der Waals surface area contributed by atoms with Crippen LogP contribution in [0.15, 0.2) is 0 Å². The van der Waals surface area contributed by atoms with Crippen molar-refractivity contribution in [1.82, 2.24) is 9.78 Å². The van der Waals surface area contributed by atoms with E-state index in [4.69, 9.17) is 0 Å². The van der Waals surface area contributed by atoms with E-state index in [9.17, 15) is 13.2 Å². The first-order valence-corrected chi connectivity index (χ1v) is 9.49. The number of Topliss-reactive ketones (excluding diaryl/α,β-unsaturated/α-hetero) is 1. The minimum Gasteiger partial charge on any atom is -0.294 e. The highest BCUT2D eigenvalue weighted by atomic mass is 32.2. The van der Waals surface area contributed by atoms with Crippen molar-refractivity contribution in [2.45, 2.75) is 64.2 Å². The maximum atomic E-state index is 12.0. The number of sulfone groups is 1. The number of hydrogen-bond acceptors (Lipinski definition) is 4. The van der Waals surface area contributed by atoms with Gasteiger partial charge >= 0.3 is 0 Å². The highest BCUT2D eigenvalue weighted by Crippen LogP contribution is 2.33. The van der Waals surface area contributed by atoms with Gasteiger partial charge in [-0.15, -0.1) is 0 Å². The van der Waals surface area contributed by atoms with E-state index >= 15 is 0 Å². The average Bonchev–Trinajstić information content (AvgIpc) is 2.72. The summed E-state index contributed by atoms with van der Waals surface area (Å²) in [5, 5.41) is 4.23. The Morgan fingerprint density at radius 3 is 2.57 bits per heavy atom. The molecule has 1 fully saturated rings. The molecule has 1 saturated carbocycles. The average molecular weight is 312 g/mol. The summed E-state index contributed by atoms with van der Waals surface area (Å²) in [7, 11) is -3.01. The van der Waals surface area contributed by atoms with E-state index in [2.05, 4.69) is 5.10 Å². The second-order valence-electron chi connectivity index (χ2n) is 6.04. The second kappa shape index (κ2) is 5.91. The van der Waals surface area contributed by atoms with Gasteiger partial charge in [0.25, 0.3) is 0 Å². The van der Waals surface area contributed by atoms with Gasteiger partial charge < -0.3 is 0 Å². The van der Waals surface area contributed by atoms with E-state index in [0.29, 0.717) is 18.4 Å². The van der Waals surface area contributed by atoms with Crippen LogP contribution >= 0.6 is 0 Å². The molecule has 1 heterocycles. The predicted molar refractivity (Wildman–Crippen MR) is 82.5 cm³/mol. The Morgan fingerprint density at radius 2 is 2.00 bits per heavy atom. The van der Waals surface area contributed by atoms with E-state index in [0.717, 1.165) is 30.7 Å². The van der Waals surface area contributed by atoms with Crippen molar-refractivity contribution in [3.05, 3.63) is 17.0 Å². The summed E-state index contributed by atoms with van der Waals surface area (Å²) in [6, 6.07) is 0.0792. The van der Waals surface area contributed by atoms with Crippen molar-refractivity contribution in [1.29, 1.82) is 0 Å². The summed E-state index contributed by atoms with van der Waals surface area (Å²) in [6.45, 7) is 5.61. The SMILES string of the molecule is CCC(=O)c1c(C)nn(C2CCCC(S(C)(=O)=O)C2)c1C. The van der Waals surface area contributed by atoms with E-state index in [1.807, 2.05) is 25.5 Å². The van der Waals surface area contributed by atoms with E-state index < -0.39 is 9.84 Å². The van der Waals surface area contributed by atoms with Crippen molar-refractivity contribution < 1.29 is 13.2 Å². The number of rotatable bonds is 4. The van der Waals surface area contributed by atoms with Crippen molar-refractivity contribution in [2.75, 3.05) is 6.26 Å². The Labute approximate surface area is 126 Å². The third kappa shape index (κ3) is 3.20. The molecule has 118 valence electrons. The first-order chi connectivity index (χ1) is 9.75. The lowest BCUT2D eigenvalue weighted by molar-refractivity contribution is 0.0986. The molecule has 0 radical (unpaired) electrons. The normalized spacial score (nSPS) is 23.2. The minimum absolute atomic E-state index is 0.0792. The monoisotopic (exact) mass is 312 g/mol.